The third-order valence-corrected chi connectivity index (χ3v) is 9.48. The first kappa shape index (κ1) is 25.5. The quantitative estimate of drug-likeness (QED) is 0.350. The van der Waals surface area contributed by atoms with Crippen LogP contribution < -0.4 is 13.8 Å². The first-order valence-corrected chi connectivity index (χ1v) is 12.5. The summed E-state index contributed by atoms with van der Waals surface area (Å²) >= 11 is 0. The summed E-state index contributed by atoms with van der Waals surface area (Å²) < 4.78 is 18.6. The summed E-state index contributed by atoms with van der Waals surface area (Å²) in [6.45, 7) is 26.8. The van der Waals surface area contributed by atoms with E-state index in [0.717, 1.165) is 5.75 Å². The summed E-state index contributed by atoms with van der Waals surface area (Å²) in [5.74, 6) is 2.13. The number of hydrogen-bond donors (Lipinski definition) is 0. The molecule has 162 valence electrons. The third-order valence-electron chi connectivity index (χ3n) is 3.85. The molecule has 28 heavy (non-hydrogen) atoms. The minimum Gasteiger partial charge on any atom is -0.522 e. The second kappa shape index (κ2) is 8.69. The Bertz CT molecular complexity index is 564. The molecule has 0 N–H and O–H groups in total. The summed E-state index contributed by atoms with van der Waals surface area (Å²) in [7, 11) is 0.173. The van der Waals surface area contributed by atoms with E-state index >= 15 is 0 Å². The van der Waals surface area contributed by atoms with Crippen molar-refractivity contribution in [3.63, 3.8) is 0 Å². The zero-order chi connectivity index (χ0) is 22.1. The van der Waals surface area contributed by atoms with Crippen LogP contribution in [0.3, 0.4) is 0 Å². The Balaban J connectivity index is 3.32. The van der Waals surface area contributed by atoms with Crippen molar-refractivity contribution in [1.82, 2.24) is 0 Å². The summed E-state index contributed by atoms with van der Waals surface area (Å²) in [5.41, 5.74) is 0. The van der Waals surface area contributed by atoms with Crippen LogP contribution in [0.4, 0.5) is 0 Å². The molecule has 0 radical (unpaired) electrons. The van der Waals surface area contributed by atoms with Crippen LogP contribution in [0.5, 0.6) is 17.2 Å². The molecule has 0 atom stereocenters. The van der Waals surface area contributed by atoms with E-state index in [1.54, 1.807) is 7.11 Å². The molecule has 0 bridgehead atoms. The SMILES string of the molecule is COc1cc(OP(C(C)(C)C)C(C)(C)C)[c-]c(OP(C(C)(C)C)C(C)(C)C)c1. The first-order chi connectivity index (χ1) is 12.4. The van der Waals surface area contributed by atoms with E-state index in [2.05, 4.69) is 89.2 Å². The van der Waals surface area contributed by atoms with E-state index in [-0.39, 0.29) is 20.6 Å². The molecule has 5 heteroatoms. The molecule has 0 aliphatic heterocycles. The maximum Gasteiger partial charge on any atom is 0.0947 e. The lowest BCUT2D eigenvalue weighted by atomic mass is 10.2. The van der Waals surface area contributed by atoms with Crippen LogP contribution in [0.25, 0.3) is 0 Å². The maximum atomic E-state index is 6.54. The lowest BCUT2D eigenvalue weighted by Crippen LogP contribution is -2.28. The molecule has 3 nitrogen and oxygen atoms in total. The fourth-order valence-corrected chi connectivity index (χ4v) is 9.18. The van der Waals surface area contributed by atoms with Gasteiger partial charge >= 0.3 is 0 Å². The Morgan fingerprint density at radius 3 is 1.11 bits per heavy atom. The molecule has 0 aliphatic rings. The Labute approximate surface area is 176 Å². The number of hydrogen-bond acceptors (Lipinski definition) is 3. The van der Waals surface area contributed by atoms with Crippen LogP contribution in [0.2, 0.25) is 0 Å². The van der Waals surface area contributed by atoms with E-state index in [9.17, 15) is 0 Å². The van der Waals surface area contributed by atoms with Gasteiger partial charge in [0.2, 0.25) is 0 Å². The molecule has 0 saturated heterocycles. The minimum absolute atomic E-state index is 0.0506. The van der Waals surface area contributed by atoms with Gasteiger partial charge in [0.1, 0.15) is 0 Å². The summed E-state index contributed by atoms with van der Waals surface area (Å²) in [4.78, 5) is 0. The summed E-state index contributed by atoms with van der Waals surface area (Å²) in [6, 6.07) is 7.20. The van der Waals surface area contributed by atoms with E-state index in [1.807, 2.05) is 12.1 Å². The maximum absolute atomic E-state index is 6.54. The van der Waals surface area contributed by atoms with Gasteiger partial charge in [0, 0.05) is 37.9 Å². The predicted molar refractivity (Wildman–Crippen MR) is 126 cm³/mol. The van der Waals surface area contributed by atoms with E-state index in [1.165, 1.54) is 0 Å². The van der Waals surface area contributed by atoms with Crippen molar-refractivity contribution < 1.29 is 13.8 Å². The largest absolute Gasteiger partial charge is 0.522 e. The highest BCUT2D eigenvalue weighted by Crippen LogP contribution is 2.61. The van der Waals surface area contributed by atoms with E-state index < -0.39 is 16.3 Å². The van der Waals surface area contributed by atoms with Gasteiger partial charge in [-0.2, -0.15) is 0 Å². The molecule has 0 fully saturated rings. The highest BCUT2D eigenvalue weighted by Gasteiger charge is 2.38. The topological polar surface area (TPSA) is 27.7 Å². The summed E-state index contributed by atoms with van der Waals surface area (Å²) in [5, 5.41) is 0.202. The van der Waals surface area contributed by atoms with Crippen molar-refractivity contribution in [3.8, 4) is 17.2 Å². The smallest absolute Gasteiger partial charge is 0.0947 e. The molecule has 0 aliphatic carbocycles. The molecular formula is C23H41O3P2-. The Morgan fingerprint density at radius 1 is 0.607 bits per heavy atom. The van der Waals surface area contributed by atoms with Crippen molar-refractivity contribution >= 4 is 16.3 Å². The van der Waals surface area contributed by atoms with Crippen molar-refractivity contribution in [1.29, 1.82) is 0 Å². The lowest BCUT2D eigenvalue weighted by molar-refractivity contribution is 0.409. The highest BCUT2D eigenvalue weighted by atomic mass is 31.1. The fraction of sp³-hybridized carbons (Fsp3) is 0.739. The van der Waals surface area contributed by atoms with E-state index in [4.69, 9.17) is 13.8 Å². The van der Waals surface area contributed by atoms with Gasteiger partial charge in [0.15, 0.2) is 0 Å². The molecule has 1 aromatic carbocycles. The van der Waals surface area contributed by atoms with Crippen LogP contribution in [-0.2, 0) is 0 Å². The minimum atomic E-state index is -0.751. The highest BCUT2D eigenvalue weighted by molar-refractivity contribution is 7.56. The fourth-order valence-electron chi connectivity index (χ4n) is 3.47. The normalized spacial score (nSPS) is 13.8. The molecule has 0 aromatic heterocycles. The standard InChI is InChI=1S/C23H41O3P2/c1-20(2,3)27(21(4,5)6)25-18-14-17(24-13)15-19(16-18)26-28(22(7,8)9)23(10,11)12/h14-15H,1-13H3/q-1. The van der Waals surface area contributed by atoms with Gasteiger partial charge in [-0.1, -0.05) is 101 Å². The second-order valence-electron chi connectivity index (χ2n) is 11.2. The van der Waals surface area contributed by atoms with Crippen LogP contribution >= 0.6 is 16.3 Å². The van der Waals surface area contributed by atoms with Crippen molar-refractivity contribution in [2.45, 2.75) is 104 Å². The lowest BCUT2D eigenvalue weighted by Gasteiger charge is -2.42. The molecule has 1 rings (SSSR count). The molecule has 0 spiro atoms. The average Bonchev–Trinajstić information content (AvgIpc) is 2.45. The van der Waals surface area contributed by atoms with Crippen LogP contribution in [0.15, 0.2) is 12.1 Å². The van der Waals surface area contributed by atoms with Gasteiger partial charge in [0.05, 0.1) is 23.4 Å². The van der Waals surface area contributed by atoms with Gasteiger partial charge in [-0.3, -0.25) is 0 Å². The zero-order valence-electron chi connectivity index (χ0n) is 20.3. The second-order valence-corrected chi connectivity index (χ2v) is 18.1. The van der Waals surface area contributed by atoms with Gasteiger partial charge in [0.25, 0.3) is 0 Å². The molecule has 0 heterocycles. The van der Waals surface area contributed by atoms with Gasteiger partial charge in [-0.05, 0) is 0 Å². The summed E-state index contributed by atoms with van der Waals surface area (Å²) in [6.07, 6.45) is 0. The number of rotatable bonds is 5. The van der Waals surface area contributed by atoms with Gasteiger partial charge in [-0.25, -0.2) is 0 Å². The number of benzene rings is 1. The Kier molecular flexibility index (Phi) is 7.92. The van der Waals surface area contributed by atoms with Crippen LogP contribution in [0, 0.1) is 6.07 Å². The molecule has 1 aromatic rings. The molecule has 0 amide bonds. The van der Waals surface area contributed by atoms with Crippen molar-refractivity contribution in [3.05, 3.63) is 18.2 Å². The Morgan fingerprint density at radius 2 is 0.893 bits per heavy atom. The molecular weight excluding hydrogens is 386 g/mol. The van der Waals surface area contributed by atoms with Gasteiger partial charge in [-0.15, -0.1) is 0 Å². The third kappa shape index (κ3) is 7.38. The number of methoxy groups -OCH3 is 1. The van der Waals surface area contributed by atoms with Crippen LogP contribution in [-0.4, -0.2) is 27.7 Å². The van der Waals surface area contributed by atoms with E-state index in [0.29, 0.717) is 11.5 Å². The van der Waals surface area contributed by atoms with Crippen molar-refractivity contribution in [2.24, 2.45) is 0 Å². The average molecular weight is 428 g/mol. The first-order valence-electron chi connectivity index (χ1n) is 9.93. The molecule has 0 saturated carbocycles. The van der Waals surface area contributed by atoms with Crippen molar-refractivity contribution in [2.75, 3.05) is 7.11 Å². The zero-order valence-corrected chi connectivity index (χ0v) is 22.1. The van der Waals surface area contributed by atoms with Crippen LogP contribution in [0.1, 0.15) is 83.1 Å². The Hall–Kier alpha value is -0.520. The van der Waals surface area contributed by atoms with Gasteiger partial charge < -0.3 is 13.8 Å². The molecule has 0 unspecified atom stereocenters. The monoisotopic (exact) mass is 427 g/mol. The number of ether oxygens (including phenoxy) is 1. The predicted octanol–water partition coefficient (Wildman–Crippen LogP) is 8.24.